The third-order valence-corrected chi connectivity index (χ3v) is 5.41. The Morgan fingerprint density at radius 3 is 2.94 bits per heavy atom. The molecule has 0 saturated carbocycles. The number of piperidine rings is 1. The number of hydrogen-bond donors (Lipinski definition) is 1. The molecule has 98 valence electrons. The molecule has 17 heavy (non-hydrogen) atoms. The zero-order chi connectivity index (χ0) is 12.3. The van der Waals surface area contributed by atoms with Crippen LogP contribution in [0.2, 0.25) is 0 Å². The second-order valence-electron chi connectivity index (χ2n) is 5.39. The summed E-state index contributed by atoms with van der Waals surface area (Å²) >= 11 is 2.08. The van der Waals surface area contributed by atoms with Gasteiger partial charge in [-0.25, -0.2) is 0 Å². The second kappa shape index (κ2) is 6.10. The van der Waals surface area contributed by atoms with E-state index in [9.17, 15) is 4.79 Å². The summed E-state index contributed by atoms with van der Waals surface area (Å²) in [7, 11) is 0. The standard InChI is InChI=1S/C13H23NO2S/c1-10-12(5-3-7-17-10)14-6-2-4-11(9-14)8-13(15)16/h10-12H,2-9H2,1H3,(H,15,16). The Bertz CT molecular complexity index is 272. The zero-order valence-corrected chi connectivity index (χ0v) is 11.4. The van der Waals surface area contributed by atoms with Gasteiger partial charge in [-0.3, -0.25) is 9.69 Å². The van der Waals surface area contributed by atoms with Gasteiger partial charge >= 0.3 is 5.97 Å². The van der Waals surface area contributed by atoms with Crippen LogP contribution in [0, 0.1) is 5.92 Å². The van der Waals surface area contributed by atoms with Crippen LogP contribution in [0.25, 0.3) is 0 Å². The molecule has 4 heteroatoms. The van der Waals surface area contributed by atoms with Crippen LogP contribution in [-0.4, -0.2) is 46.1 Å². The number of thioether (sulfide) groups is 1. The van der Waals surface area contributed by atoms with Crippen molar-refractivity contribution >= 4 is 17.7 Å². The summed E-state index contributed by atoms with van der Waals surface area (Å²) in [5.74, 6) is 1.03. The molecule has 2 aliphatic heterocycles. The van der Waals surface area contributed by atoms with E-state index in [0.29, 0.717) is 23.6 Å². The molecule has 2 rings (SSSR count). The Morgan fingerprint density at radius 1 is 1.41 bits per heavy atom. The smallest absolute Gasteiger partial charge is 0.303 e. The average Bonchev–Trinajstić information content (AvgIpc) is 2.29. The lowest BCUT2D eigenvalue weighted by atomic mass is 9.92. The van der Waals surface area contributed by atoms with Gasteiger partial charge in [0.25, 0.3) is 0 Å². The van der Waals surface area contributed by atoms with E-state index in [1.807, 2.05) is 0 Å². The lowest BCUT2D eigenvalue weighted by Gasteiger charge is -2.42. The number of rotatable bonds is 3. The summed E-state index contributed by atoms with van der Waals surface area (Å²) in [6.07, 6.45) is 5.24. The molecule has 0 aliphatic carbocycles. The van der Waals surface area contributed by atoms with Crippen molar-refractivity contribution in [2.24, 2.45) is 5.92 Å². The third-order valence-electron chi connectivity index (χ3n) is 4.05. The minimum absolute atomic E-state index is 0.352. The topological polar surface area (TPSA) is 40.5 Å². The molecule has 1 N–H and O–H groups in total. The molecule has 2 heterocycles. The molecule has 0 bridgehead atoms. The molecular formula is C13H23NO2S. The van der Waals surface area contributed by atoms with Crippen LogP contribution in [0.5, 0.6) is 0 Å². The third kappa shape index (κ3) is 3.62. The number of nitrogens with zero attached hydrogens (tertiary/aromatic N) is 1. The maximum atomic E-state index is 10.8. The number of likely N-dealkylation sites (tertiary alicyclic amines) is 1. The Balaban J connectivity index is 1.89. The van der Waals surface area contributed by atoms with Crippen molar-refractivity contribution in [1.82, 2.24) is 4.90 Å². The molecule has 0 radical (unpaired) electrons. The highest BCUT2D eigenvalue weighted by molar-refractivity contribution is 7.99. The molecule has 3 nitrogen and oxygen atoms in total. The van der Waals surface area contributed by atoms with E-state index in [1.165, 1.54) is 31.6 Å². The highest BCUT2D eigenvalue weighted by atomic mass is 32.2. The first-order chi connectivity index (χ1) is 8.16. The summed E-state index contributed by atoms with van der Waals surface area (Å²) < 4.78 is 0. The van der Waals surface area contributed by atoms with Crippen molar-refractivity contribution in [3.63, 3.8) is 0 Å². The number of carboxylic acids is 1. The Kier molecular flexibility index (Phi) is 4.74. The van der Waals surface area contributed by atoms with Crippen LogP contribution in [-0.2, 0) is 4.79 Å². The van der Waals surface area contributed by atoms with Crippen molar-refractivity contribution in [3.05, 3.63) is 0 Å². The Labute approximate surface area is 108 Å². The van der Waals surface area contributed by atoms with Crippen molar-refractivity contribution < 1.29 is 9.90 Å². The molecule has 0 aromatic carbocycles. The molecule has 0 aromatic rings. The highest BCUT2D eigenvalue weighted by Gasteiger charge is 2.31. The number of carbonyl (C=O) groups is 1. The highest BCUT2D eigenvalue weighted by Crippen LogP contribution is 2.32. The minimum atomic E-state index is -0.636. The number of aliphatic carboxylic acids is 1. The van der Waals surface area contributed by atoms with Gasteiger partial charge in [-0.1, -0.05) is 6.92 Å². The molecule has 0 spiro atoms. The molecule has 3 unspecified atom stereocenters. The molecule has 2 aliphatic rings. The van der Waals surface area contributed by atoms with Crippen LogP contribution in [0.15, 0.2) is 0 Å². The maximum Gasteiger partial charge on any atom is 0.303 e. The van der Waals surface area contributed by atoms with Crippen LogP contribution in [0.4, 0.5) is 0 Å². The number of hydrogen-bond acceptors (Lipinski definition) is 3. The largest absolute Gasteiger partial charge is 0.481 e. The van der Waals surface area contributed by atoms with E-state index in [2.05, 4.69) is 23.6 Å². The first kappa shape index (κ1) is 13.2. The monoisotopic (exact) mass is 257 g/mol. The quantitative estimate of drug-likeness (QED) is 0.843. The van der Waals surface area contributed by atoms with Gasteiger partial charge < -0.3 is 5.11 Å². The molecular weight excluding hydrogens is 234 g/mol. The molecule has 0 aromatic heterocycles. The second-order valence-corrected chi connectivity index (χ2v) is 6.87. The number of carboxylic acid groups (broad SMARTS) is 1. The van der Waals surface area contributed by atoms with Gasteiger partial charge in [0.05, 0.1) is 0 Å². The Morgan fingerprint density at radius 2 is 2.24 bits per heavy atom. The van der Waals surface area contributed by atoms with Crippen LogP contribution in [0.1, 0.15) is 39.0 Å². The summed E-state index contributed by atoms with van der Waals surface area (Å²) in [6.45, 7) is 4.50. The van der Waals surface area contributed by atoms with Gasteiger partial charge in [-0.05, 0) is 43.9 Å². The fraction of sp³-hybridized carbons (Fsp3) is 0.923. The van der Waals surface area contributed by atoms with E-state index < -0.39 is 5.97 Å². The van der Waals surface area contributed by atoms with E-state index in [1.54, 1.807) is 0 Å². The fourth-order valence-corrected chi connectivity index (χ4v) is 4.43. The Hall–Kier alpha value is -0.220. The van der Waals surface area contributed by atoms with Crippen LogP contribution in [0.3, 0.4) is 0 Å². The van der Waals surface area contributed by atoms with Gasteiger partial charge in [-0.15, -0.1) is 0 Å². The summed E-state index contributed by atoms with van der Waals surface area (Å²) in [4.78, 5) is 13.4. The zero-order valence-electron chi connectivity index (χ0n) is 10.6. The van der Waals surface area contributed by atoms with Gasteiger partial charge in [0.2, 0.25) is 0 Å². The van der Waals surface area contributed by atoms with Crippen molar-refractivity contribution in [2.45, 2.75) is 50.3 Å². The molecule has 3 atom stereocenters. The minimum Gasteiger partial charge on any atom is -0.481 e. The first-order valence-corrected chi connectivity index (χ1v) is 7.79. The van der Waals surface area contributed by atoms with Crippen LogP contribution < -0.4 is 0 Å². The van der Waals surface area contributed by atoms with Crippen LogP contribution >= 0.6 is 11.8 Å². The van der Waals surface area contributed by atoms with Gasteiger partial charge in [0, 0.05) is 24.3 Å². The van der Waals surface area contributed by atoms with Gasteiger partial charge in [0.15, 0.2) is 0 Å². The molecule has 0 amide bonds. The lowest BCUT2D eigenvalue weighted by Crippen LogP contribution is -2.48. The molecule has 2 saturated heterocycles. The fourth-order valence-electron chi connectivity index (χ4n) is 3.20. The van der Waals surface area contributed by atoms with Gasteiger partial charge in [-0.2, -0.15) is 11.8 Å². The van der Waals surface area contributed by atoms with Gasteiger partial charge in [0.1, 0.15) is 0 Å². The normalized spacial score (nSPS) is 35.7. The van der Waals surface area contributed by atoms with Crippen molar-refractivity contribution in [2.75, 3.05) is 18.8 Å². The summed E-state index contributed by atoms with van der Waals surface area (Å²) in [5, 5.41) is 9.61. The van der Waals surface area contributed by atoms with E-state index >= 15 is 0 Å². The predicted octanol–water partition coefficient (Wildman–Crippen LogP) is 2.46. The SMILES string of the molecule is CC1SCCCC1N1CCCC(CC(=O)O)C1. The summed E-state index contributed by atoms with van der Waals surface area (Å²) in [6, 6.07) is 0.686. The first-order valence-electron chi connectivity index (χ1n) is 6.74. The van der Waals surface area contributed by atoms with E-state index in [4.69, 9.17) is 5.11 Å². The molecule has 2 fully saturated rings. The van der Waals surface area contributed by atoms with E-state index in [-0.39, 0.29) is 0 Å². The summed E-state index contributed by atoms with van der Waals surface area (Å²) in [5.41, 5.74) is 0. The van der Waals surface area contributed by atoms with Crippen molar-refractivity contribution in [1.29, 1.82) is 0 Å². The van der Waals surface area contributed by atoms with Crippen molar-refractivity contribution in [3.8, 4) is 0 Å². The lowest BCUT2D eigenvalue weighted by molar-refractivity contribution is -0.138. The average molecular weight is 257 g/mol. The predicted molar refractivity (Wildman–Crippen MR) is 71.5 cm³/mol. The maximum absolute atomic E-state index is 10.8. The van der Waals surface area contributed by atoms with E-state index in [0.717, 1.165) is 13.0 Å².